The standard InChI is InChI=1S/C18H14Cl2N4O/c19-13-7-4-8-14(20)15(13)11-9-12-16(21)24(10-5-2-1-3-6-10)23-17(12)22-18(11)25/h1-8,11H,9,21H2,(H,22,23,25). The van der Waals surface area contributed by atoms with Crippen molar-refractivity contribution in [1.29, 1.82) is 0 Å². The fourth-order valence-electron chi connectivity index (χ4n) is 3.11. The number of aromatic nitrogens is 2. The molecule has 25 heavy (non-hydrogen) atoms. The zero-order valence-electron chi connectivity index (χ0n) is 13.0. The number of fused-ring (bicyclic) bond motifs is 1. The Labute approximate surface area is 154 Å². The van der Waals surface area contributed by atoms with Gasteiger partial charge in [-0.05, 0) is 30.7 Å². The number of amides is 1. The summed E-state index contributed by atoms with van der Waals surface area (Å²) in [4.78, 5) is 12.6. The summed E-state index contributed by atoms with van der Waals surface area (Å²) in [6.07, 6.45) is 0.392. The molecule has 126 valence electrons. The van der Waals surface area contributed by atoms with Crippen LogP contribution in [0.1, 0.15) is 17.0 Å². The number of carbonyl (C=O) groups is 1. The van der Waals surface area contributed by atoms with Crippen LogP contribution in [-0.2, 0) is 11.2 Å². The third kappa shape index (κ3) is 2.65. The van der Waals surface area contributed by atoms with E-state index in [2.05, 4.69) is 10.4 Å². The number of rotatable bonds is 2. The normalized spacial score (nSPS) is 16.4. The molecule has 0 bridgehead atoms. The van der Waals surface area contributed by atoms with Crippen LogP contribution in [0.4, 0.5) is 11.6 Å². The lowest BCUT2D eigenvalue weighted by Crippen LogP contribution is -2.28. The van der Waals surface area contributed by atoms with Crippen molar-refractivity contribution < 1.29 is 4.79 Å². The fourth-order valence-corrected chi connectivity index (χ4v) is 3.77. The molecule has 1 atom stereocenters. The summed E-state index contributed by atoms with van der Waals surface area (Å²) in [6, 6.07) is 14.7. The van der Waals surface area contributed by atoms with Gasteiger partial charge in [0.2, 0.25) is 5.91 Å². The van der Waals surface area contributed by atoms with Crippen LogP contribution in [0.3, 0.4) is 0 Å². The van der Waals surface area contributed by atoms with Crippen molar-refractivity contribution in [2.45, 2.75) is 12.3 Å². The van der Waals surface area contributed by atoms with Gasteiger partial charge in [-0.3, -0.25) is 4.79 Å². The number of benzene rings is 2. The number of nitrogen functional groups attached to an aromatic ring is 1. The fraction of sp³-hybridized carbons (Fsp3) is 0.111. The van der Waals surface area contributed by atoms with E-state index < -0.39 is 5.92 Å². The lowest BCUT2D eigenvalue weighted by atomic mass is 9.89. The SMILES string of the molecule is Nc1c2c(nn1-c1ccccc1)NC(=O)C(c1c(Cl)cccc1Cl)C2. The highest BCUT2D eigenvalue weighted by atomic mass is 35.5. The molecule has 7 heteroatoms. The Bertz CT molecular complexity index is 948. The number of nitrogens with one attached hydrogen (secondary N) is 1. The molecule has 1 aliphatic heterocycles. The van der Waals surface area contributed by atoms with Crippen molar-refractivity contribution in [3.05, 3.63) is 69.7 Å². The molecule has 1 amide bonds. The molecule has 2 heterocycles. The van der Waals surface area contributed by atoms with Crippen LogP contribution >= 0.6 is 23.2 Å². The van der Waals surface area contributed by atoms with Gasteiger partial charge in [0.25, 0.3) is 0 Å². The molecular weight excluding hydrogens is 359 g/mol. The first-order valence-corrected chi connectivity index (χ1v) is 8.49. The molecule has 0 radical (unpaired) electrons. The second-order valence-electron chi connectivity index (χ2n) is 5.84. The second-order valence-corrected chi connectivity index (χ2v) is 6.66. The van der Waals surface area contributed by atoms with E-state index in [1.165, 1.54) is 0 Å². The van der Waals surface area contributed by atoms with Gasteiger partial charge >= 0.3 is 0 Å². The summed E-state index contributed by atoms with van der Waals surface area (Å²) in [5.41, 5.74) is 8.52. The van der Waals surface area contributed by atoms with E-state index in [1.54, 1.807) is 22.9 Å². The molecule has 0 spiro atoms. The van der Waals surface area contributed by atoms with E-state index in [4.69, 9.17) is 28.9 Å². The number of nitrogens with zero attached hydrogens (tertiary/aromatic N) is 2. The minimum absolute atomic E-state index is 0.194. The molecule has 0 fully saturated rings. The summed E-state index contributed by atoms with van der Waals surface area (Å²) in [6.45, 7) is 0. The predicted molar refractivity (Wildman–Crippen MR) is 99.5 cm³/mol. The van der Waals surface area contributed by atoms with Gasteiger partial charge in [-0.1, -0.05) is 47.5 Å². The Morgan fingerprint density at radius 2 is 1.76 bits per heavy atom. The topological polar surface area (TPSA) is 72.9 Å². The lowest BCUT2D eigenvalue weighted by Gasteiger charge is -2.23. The Kier molecular flexibility index (Phi) is 3.90. The van der Waals surface area contributed by atoms with E-state index in [-0.39, 0.29) is 5.91 Å². The first kappa shape index (κ1) is 16.0. The van der Waals surface area contributed by atoms with E-state index in [0.717, 1.165) is 11.3 Å². The van der Waals surface area contributed by atoms with Crippen molar-refractivity contribution in [1.82, 2.24) is 9.78 Å². The highest BCUT2D eigenvalue weighted by Crippen LogP contribution is 2.40. The maximum atomic E-state index is 12.6. The minimum Gasteiger partial charge on any atom is -0.383 e. The largest absolute Gasteiger partial charge is 0.383 e. The van der Waals surface area contributed by atoms with Crippen molar-refractivity contribution in [3.63, 3.8) is 0 Å². The molecule has 5 nitrogen and oxygen atoms in total. The zero-order valence-corrected chi connectivity index (χ0v) is 14.6. The maximum absolute atomic E-state index is 12.6. The van der Waals surface area contributed by atoms with Crippen LogP contribution in [0.15, 0.2) is 48.5 Å². The number of hydrogen-bond acceptors (Lipinski definition) is 3. The third-order valence-corrected chi connectivity index (χ3v) is 5.00. The molecule has 3 aromatic rings. The predicted octanol–water partition coefficient (Wildman–Crippen LogP) is 4.04. The summed E-state index contributed by atoms with van der Waals surface area (Å²) in [5.74, 6) is 0.268. The maximum Gasteiger partial charge on any atom is 0.233 e. The van der Waals surface area contributed by atoms with Gasteiger partial charge in [-0.25, -0.2) is 4.68 Å². The molecule has 0 aliphatic carbocycles. The van der Waals surface area contributed by atoms with Gasteiger partial charge in [-0.15, -0.1) is 5.10 Å². The zero-order chi connectivity index (χ0) is 17.6. The summed E-state index contributed by atoms with van der Waals surface area (Å²) >= 11 is 12.6. The van der Waals surface area contributed by atoms with E-state index >= 15 is 0 Å². The van der Waals surface area contributed by atoms with Crippen molar-refractivity contribution in [2.75, 3.05) is 11.1 Å². The van der Waals surface area contributed by atoms with Crippen LogP contribution in [0.5, 0.6) is 0 Å². The summed E-state index contributed by atoms with van der Waals surface area (Å²) < 4.78 is 1.63. The molecule has 1 aliphatic rings. The lowest BCUT2D eigenvalue weighted by molar-refractivity contribution is -0.117. The number of para-hydroxylation sites is 1. The molecule has 4 rings (SSSR count). The number of hydrogen-bond donors (Lipinski definition) is 2. The van der Waals surface area contributed by atoms with Crippen molar-refractivity contribution in [3.8, 4) is 5.69 Å². The van der Waals surface area contributed by atoms with Crippen LogP contribution in [-0.4, -0.2) is 15.7 Å². The average molecular weight is 373 g/mol. The number of halogens is 2. The quantitative estimate of drug-likeness (QED) is 0.712. The third-order valence-electron chi connectivity index (χ3n) is 4.34. The molecule has 1 unspecified atom stereocenters. The van der Waals surface area contributed by atoms with Crippen LogP contribution in [0.2, 0.25) is 10.0 Å². The van der Waals surface area contributed by atoms with Crippen LogP contribution < -0.4 is 11.1 Å². The van der Waals surface area contributed by atoms with Crippen molar-refractivity contribution in [2.24, 2.45) is 0 Å². The smallest absolute Gasteiger partial charge is 0.233 e. The Hall–Kier alpha value is -2.50. The van der Waals surface area contributed by atoms with Gasteiger partial charge in [0.05, 0.1) is 11.6 Å². The molecule has 3 N–H and O–H groups in total. The second kappa shape index (κ2) is 6.10. The van der Waals surface area contributed by atoms with Gasteiger partial charge < -0.3 is 11.1 Å². The summed E-state index contributed by atoms with van der Waals surface area (Å²) in [7, 11) is 0. The van der Waals surface area contributed by atoms with E-state index in [0.29, 0.717) is 33.7 Å². The average Bonchev–Trinajstić information content (AvgIpc) is 2.92. The molecule has 0 saturated heterocycles. The summed E-state index contributed by atoms with van der Waals surface area (Å²) in [5, 5.41) is 8.19. The van der Waals surface area contributed by atoms with Crippen LogP contribution in [0, 0.1) is 0 Å². The Morgan fingerprint density at radius 1 is 1.08 bits per heavy atom. The van der Waals surface area contributed by atoms with Crippen LogP contribution in [0.25, 0.3) is 5.69 Å². The minimum atomic E-state index is -0.510. The van der Waals surface area contributed by atoms with Gasteiger partial charge in [0.1, 0.15) is 5.82 Å². The Balaban J connectivity index is 1.78. The molecule has 1 aromatic heterocycles. The number of anilines is 2. The Morgan fingerprint density at radius 3 is 2.44 bits per heavy atom. The number of carbonyl (C=O) groups excluding carboxylic acids is 1. The monoisotopic (exact) mass is 372 g/mol. The highest BCUT2D eigenvalue weighted by molar-refractivity contribution is 6.36. The van der Waals surface area contributed by atoms with E-state index in [9.17, 15) is 4.79 Å². The molecule has 2 aromatic carbocycles. The van der Waals surface area contributed by atoms with Crippen molar-refractivity contribution >= 4 is 40.7 Å². The molecule has 0 saturated carbocycles. The molecular formula is C18H14Cl2N4O. The first-order valence-electron chi connectivity index (χ1n) is 7.74. The highest BCUT2D eigenvalue weighted by Gasteiger charge is 2.34. The van der Waals surface area contributed by atoms with Gasteiger partial charge in [-0.2, -0.15) is 0 Å². The van der Waals surface area contributed by atoms with E-state index in [1.807, 2.05) is 30.3 Å². The van der Waals surface area contributed by atoms with Gasteiger partial charge in [0.15, 0.2) is 5.82 Å². The number of nitrogens with two attached hydrogens (primary N) is 1. The first-order chi connectivity index (χ1) is 12.1. The van der Waals surface area contributed by atoms with Gasteiger partial charge in [0, 0.05) is 21.2 Å².